The summed E-state index contributed by atoms with van der Waals surface area (Å²) < 4.78 is 0. The van der Waals surface area contributed by atoms with Crippen molar-refractivity contribution in [3.63, 3.8) is 0 Å². The quantitative estimate of drug-likeness (QED) is 0.722. The molecule has 2 atom stereocenters. The van der Waals surface area contributed by atoms with Crippen molar-refractivity contribution in [3.8, 4) is 0 Å². The number of rotatable bonds is 1. The lowest BCUT2D eigenvalue weighted by molar-refractivity contribution is 0.395. The minimum atomic E-state index is 0.818. The zero-order chi connectivity index (χ0) is 12.2. The van der Waals surface area contributed by atoms with E-state index in [0.717, 1.165) is 17.7 Å². The maximum Gasteiger partial charge on any atom is 0.0979 e. The van der Waals surface area contributed by atoms with Gasteiger partial charge in [0.25, 0.3) is 0 Å². The Morgan fingerprint density at radius 3 is 2.56 bits per heavy atom. The fourth-order valence-electron chi connectivity index (χ4n) is 3.01. The minimum Gasteiger partial charge on any atom is -0.277 e. The molecular formula is C16H21NS. The van der Waals surface area contributed by atoms with Gasteiger partial charge in [0.2, 0.25) is 0 Å². The Hall–Kier alpha value is -0.760. The molecule has 0 radical (unpaired) electrons. The minimum absolute atomic E-state index is 0.818. The zero-order valence-electron chi connectivity index (χ0n) is 10.8. The van der Waals surface area contributed by atoms with E-state index < -0.39 is 0 Å². The molecule has 0 aromatic heterocycles. The first kappa shape index (κ1) is 12.3. The Morgan fingerprint density at radius 1 is 0.944 bits per heavy atom. The lowest BCUT2D eigenvalue weighted by atomic mass is 9.90. The van der Waals surface area contributed by atoms with Gasteiger partial charge in [0.05, 0.1) is 5.04 Å². The van der Waals surface area contributed by atoms with Gasteiger partial charge in [-0.2, -0.15) is 0 Å². The van der Waals surface area contributed by atoms with E-state index in [-0.39, 0.29) is 0 Å². The molecule has 0 amide bonds. The van der Waals surface area contributed by atoms with Gasteiger partial charge in [-0.15, -0.1) is 11.8 Å². The molecule has 1 fully saturated rings. The summed E-state index contributed by atoms with van der Waals surface area (Å²) in [6.45, 7) is 1.06. The van der Waals surface area contributed by atoms with E-state index in [1.165, 1.54) is 49.1 Å². The van der Waals surface area contributed by atoms with Crippen LogP contribution in [0.5, 0.6) is 0 Å². The fourth-order valence-corrected chi connectivity index (χ4v) is 4.42. The lowest BCUT2D eigenvalue weighted by Gasteiger charge is -2.31. The normalized spacial score (nSPS) is 28.8. The molecule has 1 aliphatic carbocycles. The second-order valence-corrected chi connectivity index (χ2v) is 6.65. The molecule has 1 aliphatic heterocycles. The molecule has 0 bridgehead atoms. The molecule has 1 saturated carbocycles. The van der Waals surface area contributed by atoms with Gasteiger partial charge in [-0.3, -0.25) is 4.99 Å². The number of hydrogen-bond acceptors (Lipinski definition) is 2. The van der Waals surface area contributed by atoms with Gasteiger partial charge in [0, 0.05) is 17.4 Å². The molecular weight excluding hydrogens is 238 g/mol. The number of nitrogens with zero attached hydrogens (tertiary/aromatic N) is 1. The van der Waals surface area contributed by atoms with E-state index in [1.807, 2.05) is 11.8 Å². The summed E-state index contributed by atoms with van der Waals surface area (Å²) in [6, 6.07) is 10.7. The van der Waals surface area contributed by atoms with Gasteiger partial charge in [-0.05, 0) is 18.8 Å². The second-order valence-electron chi connectivity index (χ2n) is 5.42. The monoisotopic (exact) mass is 259 g/mol. The van der Waals surface area contributed by atoms with Gasteiger partial charge in [0.1, 0.15) is 0 Å². The van der Waals surface area contributed by atoms with Crippen LogP contribution >= 0.6 is 11.8 Å². The first-order valence-corrected chi connectivity index (χ1v) is 8.08. The van der Waals surface area contributed by atoms with Crippen LogP contribution in [-0.4, -0.2) is 16.8 Å². The summed E-state index contributed by atoms with van der Waals surface area (Å²) in [6.07, 6.45) is 8.48. The topological polar surface area (TPSA) is 12.4 Å². The molecule has 1 nitrogen and oxygen atoms in total. The molecule has 18 heavy (non-hydrogen) atoms. The Kier molecular flexibility index (Phi) is 4.04. The standard InChI is InChI=1S/C16H21NS/c1-2-7-11-15-14(10-4-1)12-17-16(18-15)13-8-5-3-6-9-13/h3,5-6,8-9,14-15H,1-2,4,7,10-12H2/t14-,15+/m0/s1. The van der Waals surface area contributed by atoms with Crippen molar-refractivity contribution in [1.29, 1.82) is 0 Å². The highest BCUT2D eigenvalue weighted by atomic mass is 32.2. The van der Waals surface area contributed by atoms with Crippen molar-refractivity contribution in [1.82, 2.24) is 0 Å². The molecule has 0 saturated heterocycles. The maximum atomic E-state index is 4.84. The highest BCUT2D eigenvalue weighted by Gasteiger charge is 2.28. The molecule has 1 heterocycles. The third-order valence-electron chi connectivity index (χ3n) is 4.09. The van der Waals surface area contributed by atoms with E-state index >= 15 is 0 Å². The van der Waals surface area contributed by atoms with Crippen LogP contribution in [0, 0.1) is 5.92 Å². The Morgan fingerprint density at radius 2 is 1.72 bits per heavy atom. The van der Waals surface area contributed by atoms with E-state index in [1.54, 1.807) is 0 Å². The highest BCUT2D eigenvalue weighted by Crippen LogP contribution is 2.37. The largest absolute Gasteiger partial charge is 0.277 e. The van der Waals surface area contributed by atoms with Crippen molar-refractivity contribution in [2.45, 2.75) is 43.8 Å². The van der Waals surface area contributed by atoms with Crippen molar-refractivity contribution in [3.05, 3.63) is 35.9 Å². The van der Waals surface area contributed by atoms with Crippen molar-refractivity contribution in [2.24, 2.45) is 10.9 Å². The SMILES string of the molecule is c1ccc(C2=NC[C@@H]3CCCCCC[C@H]3S2)cc1. The first-order valence-electron chi connectivity index (χ1n) is 7.20. The Balaban J connectivity index is 1.75. The van der Waals surface area contributed by atoms with Gasteiger partial charge >= 0.3 is 0 Å². The van der Waals surface area contributed by atoms with Crippen LogP contribution < -0.4 is 0 Å². The average Bonchev–Trinajstić information content (AvgIpc) is 2.40. The summed E-state index contributed by atoms with van der Waals surface area (Å²) >= 11 is 2.04. The van der Waals surface area contributed by atoms with Crippen LogP contribution in [0.15, 0.2) is 35.3 Å². The molecule has 2 heteroatoms. The van der Waals surface area contributed by atoms with E-state index in [2.05, 4.69) is 30.3 Å². The predicted octanol–water partition coefficient (Wildman–Crippen LogP) is 4.52. The average molecular weight is 259 g/mol. The Labute approximate surface area is 114 Å². The van der Waals surface area contributed by atoms with Gasteiger partial charge < -0.3 is 0 Å². The Bertz CT molecular complexity index is 412. The van der Waals surface area contributed by atoms with E-state index in [4.69, 9.17) is 4.99 Å². The molecule has 0 N–H and O–H groups in total. The maximum absolute atomic E-state index is 4.84. The van der Waals surface area contributed by atoms with Crippen LogP contribution in [0.3, 0.4) is 0 Å². The van der Waals surface area contributed by atoms with Crippen molar-refractivity contribution < 1.29 is 0 Å². The second kappa shape index (κ2) is 5.92. The molecule has 1 aromatic rings. The summed E-state index contributed by atoms with van der Waals surface area (Å²) in [5.74, 6) is 0.836. The van der Waals surface area contributed by atoms with Crippen LogP contribution in [-0.2, 0) is 0 Å². The summed E-state index contributed by atoms with van der Waals surface area (Å²) in [5, 5.41) is 2.09. The molecule has 3 rings (SSSR count). The molecule has 0 unspecified atom stereocenters. The molecule has 1 aromatic carbocycles. The smallest absolute Gasteiger partial charge is 0.0979 e. The number of hydrogen-bond donors (Lipinski definition) is 0. The van der Waals surface area contributed by atoms with Gasteiger partial charge in [-0.25, -0.2) is 0 Å². The predicted molar refractivity (Wildman–Crippen MR) is 80.4 cm³/mol. The summed E-state index contributed by atoms with van der Waals surface area (Å²) in [5.41, 5.74) is 1.31. The van der Waals surface area contributed by atoms with E-state index in [0.29, 0.717) is 0 Å². The van der Waals surface area contributed by atoms with Gasteiger partial charge in [-0.1, -0.05) is 56.0 Å². The van der Waals surface area contributed by atoms with Crippen molar-refractivity contribution >= 4 is 16.8 Å². The first-order chi connectivity index (χ1) is 8.93. The van der Waals surface area contributed by atoms with Crippen LogP contribution in [0.25, 0.3) is 0 Å². The summed E-state index contributed by atoms with van der Waals surface area (Å²) in [4.78, 5) is 4.84. The molecule has 0 spiro atoms. The fraction of sp³-hybridized carbons (Fsp3) is 0.562. The molecule has 2 aliphatic rings. The number of aliphatic imine (C=N–C) groups is 1. The third-order valence-corrected chi connectivity index (χ3v) is 5.60. The van der Waals surface area contributed by atoms with Crippen molar-refractivity contribution in [2.75, 3.05) is 6.54 Å². The number of thioether (sulfide) groups is 1. The summed E-state index contributed by atoms with van der Waals surface area (Å²) in [7, 11) is 0. The van der Waals surface area contributed by atoms with Gasteiger partial charge in [0.15, 0.2) is 0 Å². The third kappa shape index (κ3) is 2.80. The molecule has 96 valence electrons. The van der Waals surface area contributed by atoms with Crippen LogP contribution in [0.1, 0.15) is 44.1 Å². The highest BCUT2D eigenvalue weighted by molar-refractivity contribution is 8.15. The number of benzene rings is 1. The lowest BCUT2D eigenvalue weighted by Crippen LogP contribution is -2.27. The van der Waals surface area contributed by atoms with Crippen LogP contribution in [0.4, 0.5) is 0 Å². The zero-order valence-corrected chi connectivity index (χ0v) is 11.7. The number of fused-ring (bicyclic) bond motifs is 1. The van der Waals surface area contributed by atoms with E-state index in [9.17, 15) is 0 Å². The van der Waals surface area contributed by atoms with Crippen LogP contribution in [0.2, 0.25) is 0 Å².